The molecule has 0 bridgehead atoms. The van der Waals surface area contributed by atoms with Crippen molar-refractivity contribution in [2.45, 2.75) is 32.2 Å². The molecule has 0 aromatic heterocycles. The summed E-state index contributed by atoms with van der Waals surface area (Å²) in [6, 6.07) is 12.2. The maximum Gasteiger partial charge on any atom is 0.129 e. The number of halogens is 2. The van der Waals surface area contributed by atoms with Crippen LogP contribution in [0, 0.1) is 11.6 Å². The Kier molecular flexibility index (Phi) is 5.45. The molecule has 112 valence electrons. The lowest BCUT2D eigenvalue weighted by Crippen LogP contribution is -2.19. The topological polar surface area (TPSA) is 12.0 Å². The summed E-state index contributed by atoms with van der Waals surface area (Å²) in [6.07, 6.45) is 2.68. The molecule has 0 spiro atoms. The van der Waals surface area contributed by atoms with Gasteiger partial charge in [-0.25, -0.2) is 8.78 Å². The average Bonchev–Trinajstić information content (AvgIpc) is 2.48. The van der Waals surface area contributed by atoms with Crippen molar-refractivity contribution in [3.05, 3.63) is 70.8 Å². The number of hydrogen-bond acceptors (Lipinski definition) is 1. The zero-order valence-electron chi connectivity index (χ0n) is 12.5. The zero-order chi connectivity index (χ0) is 15.2. The van der Waals surface area contributed by atoms with Gasteiger partial charge < -0.3 is 5.32 Å². The molecular formula is C18H21F2N. The third-order valence-corrected chi connectivity index (χ3v) is 3.71. The standard InChI is InChI=1S/C18H21F2N/c1-3-4-13-5-7-14(8-6-13)18(21-2)11-15-9-10-16(19)12-17(15)20/h5-10,12,18,21H,3-4,11H2,1-2H3. The Morgan fingerprint density at radius 3 is 2.33 bits per heavy atom. The number of benzene rings is 2. The number of rotatable bonds is 6. The molecule has 1 nitrogen and oxygen atoms in total. The predicted molar refractivity (Wildman–Crippen MR) is 82.3 cm³/mol. The van der Waals surface area contributed by atoms with Crippen molar-refractivity contribution >= 4 is 0 Å². The van der Waals surface area contributed by atoms with E-state index in [1.165, 1.54) is 17.7 Å². The first-order valence-corrected chi connectivity index (χ1v) is 7.34. The van der Waals surface area contributed by atoms with E-state index in [4.69, 9.17) is 0 Å². The summed E-state index contributed by atoms with van der Waals surface area (Å²) in [4.78, 5) is 0. The van der Waals surface area contributed by atoms with Gasteiger partial charge in [0.05, 0.1) is 0 Å². The average molecular weight is 289 g/mol. The lowest BCUT2D eigenvalue weighted by molar-refractivity contribution is 0.540. The lowest BCUT2D eigenvalue weighted by Gasteiger charge is -2.17. The van der Waals surface area contributed by atoms with Crippen LogP contribution < -0.4 is 5.32 Å². The summed E-state index contributed by atoms with van der Waals surface area (Å²) in [5, 5.41) is 3.20. The minimum atomic E-state index is -0.541. The number of nitrogens with one attached hydrogen (secondary N) is 1. The second kappa shape index (κ2) is 7.32. The van der Waals surface area contributed by atoms with E-state index in [9.17, 15) is 8.78 Å². The van der Waals surface area contributed by atoms with Gasteiger partial charge in [0.25, 0.3) is 0 Å². The fourth-order valence-electron chi connectivity index (χ4n) is 2.50. The Bertz CT molecular complexity index is 578. The van der Waals surface area contributed by atoms with Gasteiger partial charge in [0.15, 0.2) is 0 Å². The van der Waals surface area contributed by atoms with Gasteiger partial charge in [-0.1, -0.05) is 43.7 Å². The van der Waals surface area contributed by atoms with Gasteiger partial charge >= 0.3 is 0 Å². The quantitative estimate of drug-likeness (QED) is 0.830. The molecule has 2 rings (SSSR count). The Labute approximate surface area is 125 Å². The van der Waals surface area contributed by atoms with Crippen molar-refractivity contribution in [2.75, 3.05) is 7.05 Å². The molecule has 21 heavy (non-hydrogen) atoms. The van der Waals surface area contributed by atoms with E-state index >= 15 is 0 Å². The fraction of sp³-hybridized carbons (Fsp3) is 0.333. The minimum absolute atomic E-state index is 0.0145. The van der Waals surface area contributed by atoms with E-state index in [2.05, 4.69) is 36.5 Å². The van der Waals surface area contributed by atoms with E-state index in [0.717, 1.165) is 24.5 Å². The van der Waals surface area contributed by atoms with Crippen LogP contribution in [0.25, 0.3) is 0 Å². The molecule has 0 heterocycles. The van der Waals surface area contributed by atoms with Crippen LogP contribution >= 0.6 is 0 Å². The van der Waals surface area contributed by atoms with Crippen LogP contribution in [0.2, 0.25) is 0 Å². The molecule has 1 atom stereocenters. The molecule has 0 saturated heterocycles. The molecule has 1 N–H and O–H groups in total. The highest BCUT2D eigenvalue weighted by Gasteiger charge is 2.13. The molecular weight excluding hydrogens is 268 g/mol. The molecule has 2 aromatic carbocycles. The maximum absolute atomic E-state index is 13.8. The van der Waals surface area contributed by atoms with Crippen molar-refractivity contribution in [1.82, 2.24) is 5.32 Å². The number of aryl methyl sites for hydroxylation is 1. The van der Waals surface area contributed by atoms with Gasteiger partial charge in [0.1, 0.15) is 11.6 Å². The summed E-state index contributed by atoms with van der Waals surface area (Å²) < 4.78 is 26.7. The van der Waals surface area contributed by atoms with Crippen molar-refractivity contribution in [3.63, 3.8) is 0 Å². The molecule has 2 aromatic rings. The van der Waals surface area contributed by atoms with Gasteiger partial charge in [-0.3, -0.25) is 0 Å². The summed E-state index contributed by atoms with van der Waals surface area (Å²) in [5.74, 6) is -1.03. The SMILES string of the molecule is CCCc1ccc(C(Cc2ccc(F)cc2F)NC)cc1. The molecule has 0 saturated carbocycles. The third-order valence-electron chi connectivity index (χ3n) is 3.71. The Morgan fingerprint density at radius 1 is 1.05 bits per heavy atom. The largest absolute Gasteiger partial charge is 0.313 e. The zero-order valence-corrected chi connectivity index (χ0v) is 12.5. The van der Waals surface area contributed by atoms with Crippen molar-refractivity contribution in [2.24, 2.45) is 0 Å². The van der Waals surface area contributed by atoms with E-state index in [1.807, 2.05) is 7.05 Å². The molecule has 0 amide bonds. The molecule has 1 unspecified atom stereocenters. The Morgan fingerprint density at radius 2 is 1.76 bits per heavy atom. The second-order valence-corrected chi connectivity index (χ2v) is 5.27. The molecule has 0 aliphatic rings. The highest BCUT2D eigenvalue weighted by atomic mass is 19.1. The lowest BCUT2D eigenvalue weighted by atomic mass is 9.97. The molecule has 0 fully saturated rings. The van der Waals surface area contributed by atoms with Crippen molar-refractivity contribution in [1.29, 1.82) is 0 Å². The first-order valence-electron chi connectivity index (χ1n) is 7.34. The van der Waals surface area contributed by atoms with Gasteiger partial charge in [0.2, 0.25) is 0 Å². The highest BCUT2D eigenvalue weighted by Crippen LogP contribution is 2.21. The Hall–Kier alpha value is -1.74. The van der Waals surface area contributed by atoms with Crippen LogP contribution in [0.3, 0.4) is 0 Å². The van der Waals surface area contributed by atoms with Crippen LogP contribution in [0.4, 0.5) is 8.78 Å². The number of likely N-dealkylation sites (N-methyl/N-ethyl adjacent to an activating group) is 1. The number of hydrogen-bond donors (Lipinski definition) is 1. The molecule has 0 radical (unpaired) electrons. The Balaban J connectivity index is 2.15. The third kappa shape index (κ3) is 4.11. The first-order chi connectivity index (χ1) is 10.1. The molecule has 0 aliphatic carbocycles. The van der Waals surface area contributed by atoms with Crippen LogP contribution in [0.15, 0.2) is 42.5 Å². The summed E-state index contributed by atoms with van der Waals surface area (Å²) >= 11 is 0. The highest BCUT2D eigenvalue weighted by molar-refractivity contribution is 5.28. The molecule has 0 aliphatic heterocycles. The smallest absolute Gasteiger partial charge is 0.129 e. The normalized spacial score (nSPS) is 12.4. The fourth-order valence-corrected chi connectivity index (χ4v) is 2.50. The van der Waals surface area contributed by atoms with Crippen molar-refractivity contribution < 1.29 is 8.78 Å². The monoisotopic (exact) mass is 289 g/mol. The summed E-state index contributed by atoms with van der Waals surface area (Å²) in [6.45, 7) is 2.15. The van der Waals surface area contributed by atoms with E-state index in [0.29, 0.717) is 12.0 Å². The van der Waals surface area contributed by atoms with Crippen LogP contribution in [-0.4, -0.2) is 7.05 Å². The molecule has 3 heteroatoms. The van der Waals surface area contributed by atoms with E-state index in [-0.39, 0.29) is 6.04 Å². The van der Waals surface area contributed by atoms with Crippen LogP contribution in [0.5, 0.6) is 0 Å². The van der Waals surface area contributed by atoms with Crippen LogP contribution in [0.1, 0.15) is 36.1 Å². The summed E-state index contributed by atoms with van der Waals surface area (Å²) in [5.41, 5.74) is 2.94. The van der Waals surface area contributed by atoms with Gasteiger partial charge in [0, 0.05) is 12.1 Å². The van der Waals surface area contributed by atoms with E-state index < -0.39 is 11.6 Å². The van der Waals surface area contributed by atoms with Crippen molar-refractivity contribution in [3.8, 4) is 0 Å². The summed E-state index contributed by atoms with van der Waals surface area (Å²) in [7, 11) is 1.85. The minimum Gasteiger partial charge on any atom is -0.313 e. The van der Waals surface area contributed by atoms with E-state index in [1.54, 1.807) is 0 Å². The predicted octanol–water partition coefficient (Wildman–Crippen LogP) is 4.42. The van der Waals surface area contributed by atoms with Crippen LogP contribution in [-0.2, 0) is 12.8 Å². The first kappa shape index (κ1) is 15.6. The second-order valence-electron chi connectivity index (χ2n) is 5.27. The van der Waals surface area contributed by atoms with Gasteiger partial charge in [-0.2, -0.15) is 0 Å². The van der Waals surface area contributed by atoms with Gasteiger partial charge in [-0.15, -0.1) is 0 Å². The van der Waals surface area contributed by atoms with Gasteiger partial charge in [-0.05, 0) is 42.6 Å². The maximum atomic E-state index is 13.8.